The van der Waals surface area contributed by atoms with Gasteiger partial charge in [0.25, 0.3) is 0 Å². The van der Waals surface area contributed by atoms with Crippen molar-refractivity contribution >= 4 is 29.9 Å². The maximum Gasteiger partial charge on any atom is 0.191 e. The highest BCUT2D eigenvalue weighted by molar-refractivity contribution is 14.0. The van der Waals surface area contributed by atoms with Crippen molar-refractivity contribution < 1.29 is 4.52 Å². The van der Waals surface area contributed by atoms with Crippen LogP contribution in [0.5, 0.6) is 0 Å². The Labute approximate surface area is 179 Å². The molecule has 0 saturated heterocycles. The van der Waals surface area contributed by atoms with E-state index in [9.17, 15) is 0 Å². The molecule has 27 heavy (non-hydrogen) atoms. The molecule has 0 saturated carbocycles. The Morgan fingerprint density at radius 1 is 1.11 bits per heavy atom. The summed E-state index contributed by atoms with van der Waals surface area (Å²) in [7, 11) is 1.99. The predicted octanol–water partition coefficient (Wildman–Crippen LogP) is 3.07. The standard InChI is InChI=1S/C19H32N6O.HI/c1-7-17-16(18(8-2)26-24-17)12-22-19(20-9-3)21-11-10-15-13(4)23-25(6)14(15)5;/h7-12H2,1-6H3,(H2,20,21,22);1H. The smallest absolute Gasteiger partial charge is 0.191 e. The summed E-state index contributed by atoms with van der Waals surface area (Å²) in [5.41, 5.74) is 5.74. The summed E-state index contributed by atoms with van der Waals surface area (Å²) in [4.78, 5) is 4.73. The molecule has 0 atom stereocenters. The highest BCUT2D eigenvalue weighted by Gasteiger charge is 2.13. The summed E-state index contributed by atoms with van der Waals surface area (Å²) < 4.78 is 7.37. The van der Waals surface area contributed by atoms with E-state index in [-0.39, 0.29) is 24.0 Å². The van der Waals surface area contributed by atoms with E-state index in [0.29, 0.717) is 6.54 Å². The summed E-state index contributed by atoms with van der Waals surface area (Å²) in [5, 5.41) is 15.4. The summed E-state index contributed by atoms with van der Waals surface area (Å²) in [6.07, 6.45) is 2.61. The minimum atomic E-state index is 0. The van der Waals surface area contributed by atoms with Gasteiger partial charge in [0.2, 0.25) is 0 Å². The normalized spacial score (nSPS) is 11.4. The molecule has 7 nitrogen and oxygen atoms in total. The fraction of sp³-hybridized carbons (Fsp3) is 0.632. The Balaban J connectivity index is 0.00000364. The molecule has 0 amide bonds. The van der Waals surface area contributed by atoms with Crippen molar-refractivity contribution in [2.75, 3.05) is 13.1 Å². The van der Waals surface area contributed by atoms with Crippen LogP contribution in [0.25, 0.3) is 0 Å². The van der Waals surface area contributed by atoms with Crippen LogP contribution in [-0.2, 0) is 32.9 Å². The largest absolute Gasteiger partial charge is 0.361 e. The van der Waals surface area contributed by atoms with Crippen LogP contribution in [0.3, 0.4) is 0 Å². The maximum absolute atomic E-state index is 5.43. The molecule has 2 rings (SSSR count). The van der Waals surface area contributed by atoms with Gasteiger partial charge in [-0.3, -0.25) is 4.68 Å². The fourth-order valence-electron chi connectivity index (χ4n) is 3.10. The minimum Gasteiger partial charge on any atom is -0.361 e. The van der Waals surface area contributed by atoms with Crippen molar-refractivity contribution in [3.05, 3.63) is 34.0 Å². The molecule has 0 fully saturated rings. The first-order valence-electron chi connectivity index (χ1n) is 9.49. The number of guanidine groups is 1. The van der Waals surface area contributed by atoms with E-state index in [4.69, 9.17) is 9.52 Å². The van der Waals surface area contributed by atoms with Crippen molar-refractivity contribution in [1.82, 2.24) is 25.6 Å². The van der Waals surface area contributed by atoms with Crippen LogP contribution < -0.4 is 10.6 Å². The molecule has 2 N–H and O–H groups in total. The highest BCUT2D eigenvalue weighted by atomic mass is 127. The van der Waals surface area contributed by atoms with Gasteiger partial charge in [0.15, 0.2) is 5.96 Å². The monoisotopic (exact) mass is 488 g/mol. The van der Waals surface area contributed by atoms with E-state index in [1.165, 1.54) is 11.3 Å². The zero-order valence-corrected chi connectivity index (χ0v) is 19.7. The van der Waals surface area contributed by atoms with Gasteiger partial charge in [0.05, 0.1) is 17.9 Å². The number of halogens is 1. The number of hydrogen-bond acceptors (Lipinski definition) is 4. The van der Waals surface area contributed by atoms with E-state index in [1.807, 2.05) is 11.7 Å². The Hall–Kier alpha value is -1.58. The zero-order valence-electron chi connectivity index (χ0n) is 17.3. The number of aromatic nitrogens is 3. The third-order valence-corrected chi connectivity index (χ3v) is 4.67. The molecule has 0 unspecified atom stereocenters. The van der Waals surface area contributed by atoms with Crippen LogP contribution in [0.2, 0.25) is 0 Å². The fourth-order valence-corrected chi connectivity index (χ4v) is 3.10. The van der Waals surface area contributed by atoms with Crippen LogP contribution in [0.1, 0.15) is 54.7 Å². The van der Waals surface area contributed by atoms with Crippen molar-refractivity contribution in [2.45, 2.75) is 60.4 Å². The lowest BCUT2D eigenvalue weighted by atomic mass is 10.1. The molecular formula is C19H33IN6O. The molecule has 8 heteroatoms. The molecule has 0 aliphatic carbocycles. The van der Waals surface area contributed by atoms with Gasteiger partial charge in [-0.1, -0.05) is 19.0 Å². The second-order valence-electron chi connectivity index (χ2n) is 6.38. The highest BCUT2D eigenvalue weighted by Crippen LogP contribution is 2.17. The molecule has 152 valence electrons. The quantitative estimate of drug-likeness (QED) is 0.339. The third-order valence-electron chi connectivity index (χ3n) is 4.67. The lowest BCUT2D eigenvalue weighted by molar-refractivity contribution is 0.380. The molecule has 0 spiro atoms. The van der Waals surface area contributed by atoms with Gasteiger partial charge < -0.3 is 15.2 Å². The molecule has 0 radical (unpaired) electrons. The number of nitrogens with zero attached hydrogens (tertiary/aromatic N) is 4. The van der Waals surface area contributed by atoms with Gasteiger partial charge in [0.1, 0.15) is 5.76 Å². The summed E-state index contributed by atoms with van der Waals surface area (Å²) in [5.74, 6) is 1.75. The van der Waals surface area contributed by atoms with Gasteiger partial charge in [0, 0.05) is 37.8 Å². The summed E-state index contributed by atoms with van der Waals surface area (Å²) in [6.45, 7) is 12.6. The predicted molar refractivity (Wildman–Crippen MR) is 120 cm³/mol. The molecule has 2 heterocycles. The van der Waals surface area contributed by atoms with E-state index < -0.39 is 0 Å². The van der Waals surface area contributed by atoms with Crippen molar-refractivity contribution in [3.8, 4) is 0 Å². The molecular weight excluding hydrogens is 455 g/mol. The first-order chi connectivity index (χ1) is 12.5. The van der Waals surface area contributed by atoms with Gasteiger partial charge in [-0.15, -0.1) is 24.0 Å². The van der Waals surface area contributed by atoms with Crippen LogP contribution in [0, 0.1) is 13.8 Å². The molecule has 2 aromatic rings. The summed E-state index contributed by atoms with van der Waals surface area (Å²) >= 11 is 0. The Kier molecular flexibility index (Phi) is 9.82. The van der Waals surface area contributed by atoms with E-state index in [0.717, 1.165) is 61.0 Å². The van der Waals surface area contributed by atoms with E-state index >= 15 is 0 Å². The number of aryl methyl sites for hydroxylation is 4. The van der Waals surface area contributed by atoms with Crippen LogP contribution in [0.15, 0.2) is 9.52 Å². The van der Waals surface area contributed by atoms with Gasteiger partial charge >= 0.3 is 0 Å². The second-order valence-corrected chi connectivity index (χ2v) is 6.38. The Bertz CT molecular complexity index is 728. The topological polar surface area (TPSA) is 80.3 Å². The van der Waals surface area contributed by atoms with E-state index in [1.54, 1.807) is 0 Å². The number of aliphatic imine (C=N–C) groups is 1. The number of nitrogens with one attached hydrogen (secondary N) is 2. The maximum atomic E-state index is 5.43. The minimum absolute atomic E-state index is 0. The average Bonchev–Trinajstić information content (AvgIpc) is 3.14. The van der Waals surface area contributed by atoms with E-state index in [2.05, 4.69) is 55.5 Å². The first-order valence-corrected chi connectivity index (χ1v) is 9.49. The summed E-state index contributed by atoms with van der Waals surface area (Å²) in [6, 6.07) is 0. The molecule has 0 aliphatic rings. The van der Waals surface area contributed by atoms with Crippen molar-refractivity contribution in [2.24, 2.45) is 12.0 Å². The first kappa shape index (κ1) is 23.5. The third kappa shape index (κ3) is 5.95. The lowest BCUT2D eigenvalue weighted by Crippen LogP contribution is -2.38. The van der Waals surface area contributed by atoms with Gasteiger partial charge in [-0.2, -0.15) is 5.10 Å². The van der Waals surface area contributed by atoms with Crippen molar-refractivity contribution in [1.29, 1.82) is 0 Å². The van der Waals surface area contributed by atoms with Gasteiger partial charge in [-0.05, 0) is 39.2 Å². The number of hydrogen-bond donors (Lipinski definition) is 2. The van der Waals surface area contributed by atoms with Crippen molar-refractivity contribution in [3.63, 3.8) is 0 Å². The molecule has 0 aromatic carbocycles. The number of rotatable bonds is 8. The molecule has 2 aromatic heterocycles. The van der Waals surface area contributed by atoms with Crippen LogP contribution >= 0.6 is 24.0 Å². The SMILES string of the molecule is CCNC(=NCc1c(CC)noc1CC)NCCc1c(C)nn(C)c1C.I. The molecule has 0 aliphatic heterocycles. The van der Waals surface area contributed by atoms with Gasteiger partial charge in [-0.25, -0.2) is 4.99 Å². The molecule has 0 bridgehead atoms. The van der Waals surface area contributed by atoms with Crippen LogP contribution in [0.4, 0.5) is 0 Å². The van der Waals surface area contributed by atoms with Crippen LogP contribution in [-0.4, -0.2) is 34.0 Å². The Morgan fingerprint density at radius 3 is 2.41 bits per heavy atom. The lowest BCUT2D eigenvalue weighted by Gasteiger charge is -2.11. The Morgan fingerprint density at radius 2 is 1.85 bits per heavy atom. The average molecular weight is 488 g/mol. The second kappa shape index (κ2) is 11.3. The zero-order chi connectivity index (χ0) is 19.1.